The number of hydrogen-bond donors (Lipinski definition) is 3. The second-order valence-corrected chi connectivity index (χ2v) is 4.15. The van der Waals surface area contributed by atoms with Crippen molar-refractivity contribution in [1.29, 1.82) is 0 Å². The van der Waals surface area contributed by atoms with Gasteiger partial charge in [0.1, 0.15) is 6.04 Å². The standard InChI is InChI=1S/C12H24N2O4/c1-4-6-7-10(11(15)16)14-12(17)13-8-9(3)18-5-2/h9-10H,4-8H2,1-3H3,(H,15,16)(H2,13,14,17)/t9?,10-/m0/s1. The van der Waals surface area contributed by atoms with Crippen LogP contribution in [0.25, 0.3) is 0 Å². The Hall–Kier alpha value is -1.30. The predicted octanol–water partition coefficient (Wildman–Crippen LogP) is 1.35. The fourth-order valence-electron chi connectivity index (χ4n) is 1.45. The normalized spacial score (nSPS) is 13.7. The molecule has 0 aromatic carbocycles. The fourth-order valence-corrected chi connectivity index (χ4v) is 1.45. The Morgan fingerprint density at radius 2 is 2.00 bits per heavy atom. The van der Waals surface area contributed by atoms with Crippen LogP contribution in [-0.2, 0) is 9.53 Å². The highest BCUT2D eigenvalue weighted by Crippen LogP contribution is 2.00. The number of ether oxygens (including phenoxy) is 1. The highest BCUT2D eigenvalue weighted by molar-refractivity contribution is 5.82. The number of carboxylic acids is 1. The highest BCUT2D eigenvalue weighted by Gasteiger charge is 2.19. The third-order valence-corrected chi connectivity index (χ3v) is 2.45. The molecule has 0 fully saturated rings. The Balaban J connectivity index is 3.98. The van der Waals surface area contributed by atoms with Crippen molar-refractivity contribution in [1.82, 2.24) is 10.6 Å². The molecule has 0 aromatic heterocycles. The lowest BCUT2D eigenvalue weighted by atomic mass is 10.1. The predicted molar refractivity (Wildman–Crippen MR) is 68.6 cm³/mol. The molecule has 1 unspecified atom stereocenters. The molecule has 0 saturated heterocycles. The molecular weight excluding hydrogens is 236 g/mol. The van der Waals surface area contributed by atoms with Gasteiger partial charge < -0.3 is 20.5 Å². The number of unbranched alkanes of at least 4 members (excludes halogenated alkanes) is 1. The van der Waals surface area contributed by atoms with E-state index in [1.165, 1.54) is 0 Å². The molecule has 0 aliphatic heterocycles. The minimum atomic E-state index is -1.00. The van der Waals surface area contributed by atoms with Gasteiger partial charge in [-0.25, -0.2) is 9.59 Å². The van der Waals surface area contributed by atoms with Gasteiger partial charge in [-0.1, -0.05) is 19.8 Å². The Morgan fingerprint density at radius 1 is 1.33 bits per heavy atom. The van der Waals surface area contributed by atoms with Crippen molar-refractivity contribution in [3.8, 4) is 0 Å². The van der Waals surface area contributed by atoms with Gasteiger partial charge in [-0.05, 0) is 20.3 Å². The van der Waals surface area contributed by atoms with Gasteiger partial charge in [0.15, 0.2) is 0 Å². The third kappa shape index (κ3) is 7.89. The van der Waals surface area contributed by atoms with Crippen LogP contribution in [0.3, 0.4) is 0 Å². The van der Waals surface area contributed by atoms with Gasteiger partial charge in [0.2, 0.25) is 0 Å². The number of rotatable bonds is 9. The summed E-state index contributed by atoms with van der Waals surface area (Å²) >= 11 is 0. The zero-order chi connectivity index (χ0) is 14.0. The van der Waals surface area contributed by atoms with Crippen LogP contribution in [0.2, 0.25) is 0 Å². The molecule has 3 N–H and O–H groups in total. The second-order valence-electron chi connectivity index (χ2n) is 4.15. The Bertz CT molecular complexity index is 258. The maximum atomic E-state index is 11.5. The Labute approximate surface area is 108 Å². The van der Waals surface area contributed by atoms with Crippen LogP contribution in [0.4, 0.5) is 4.79 Å². The van der Waals surface area contributed by atoms with E-state index >= 15 is 0 Å². The molecule has 2 atom stereocenters. The molecule has 0 saturated carbocycles. The first-order valence-electron chi connectivity index (χ1n) is 6.40. The fraction of sp³-hybridized carbons (Fsp3) is 0.833. The molecule has 0 spiro atoms. The van der Waals surface area contributed by atoms with Crippen LogP contribution in [0.15, 0.2) is 0 Å². The molecule has 0 radical (unpaired) electrons. The van der Waals surface area contributed by atoms with Gasteiger partial charge in [-0.2, -0.15) is 0 Å². The topological polar surface area (TPSA) is 87.7 Å². The van der Waals surface area contributed by atoms with Crippen LogP contribution in [0, 0.1) is 0 Å². The minimum Gasteiger partial charge on any atom is -0.480 e. The average molecular weight is 260 g/mol. The average Bonchev–Trinajstić information content (AvgIpc) is 2.32. The Kier molecular flexibility index (Phi) is 9.00. The number of urea groups is 1. The molecule has 0 aromatic rings. The van der Waals surface area contributed by atoms with E-state index in [4.69, 9.17) is 9.84 Å². The Morgan fingerprint density at radius 3 is 2.50 bits per heavy atom. The van der Waals surface area contributed by atoms with Crippen LogP contribution in [0.5, 0.6) is 0 Å². The molecule has 0 bridgehead atoms. The summed E-state index contributed by atoms with van der Waals surface area (Å²) in [7, 11) is 0. The second kappa shape index (κ2) is 9.70. The SMILES string of the molecule is CCCC[C@H](NC(=O)NCC(C)OCC)C(=O)O. The van der Waals surface area contributed by atoms with Crippen LogP contribution in [0.1, 0.15) is 40.0 Å². The van der Waals surface area contributed by atoms with E-state index in [0.29, 0.717) is 19.6 Å². The summed E-state index contributed by atoms with van der Waals surface area (Å²) in [5.41, 5.74) is 0. The minimum absolute atomic E-state index is 0.0836. The molecule has 2 amide bonds. The van der Waals surface area contributed by atoms with E-state index in [9.17, 15) is 9.59 Å². The van der Waals surface area contributed by atoms with E-state index in [2.05, 4.69) is 10.6 Å². The van der Waals surface area contributed by atoms with E-state index in [1.807, 2.05) is 20.8 Å². The van der Waals surface area contributed by atoms with Gasteiger partial charge in [-0.15, -0.1) is 0 Å². The van der Waals surface area contributed by atoms with Gasteiger partial charge in [0.05, 0.1) is 6.10 Å². The highest BCUT2D eigenvalue weighted by atomic mass is 16.5. The summed E-state index contributed by atoms with van der Waals surface area (Å²) < 4.78 is 5.25. The number of carbonyl (C=O) groups excluding carboxylic acids is 1. The zero-order valence-electron chi connectivity index (χ0n) is 11.4. The lowest BCUT2D eigenvalue weighted by Gasteiger charge is -2.16. The maximum Gasteiger partial charge on any atom is 0.326 e. The van der Waals surface area contributed by atoms with Crippen LogP contribution < -0.4 is 10.6 Å². The molecule has 0 rings (SSSR count). The molecule has 18 heavy (non-hydrogen) atoms. The first kappa shape index (κ1) is 16.7. The number of amides is 2. The van der Waals surface area contributed by atoms with Gasteiger partial charge >= 0.3 is 12.0 Å². The van der Waals surface area contributed by atoms with Crippen molar-refractivity contribution in [3.05, 3.63) is 0 Å². The summed E-state index contributed by atoms with van der Waals surface area (Å²) in [4.78, 5) is 22.4. The smallest absolute Gasteiger partial charge is 0.326 e. The first-order chi connectivity index (χ1) is 8.51. The van der Waals surface area contributed by atoms with E-state index < -0.39 is 18.0 Å². The lowest BCUT2D eigenvalue weighted by molar-refractivity contribution is -0.139. The first-order valence-corrected chi connectivity index (χ1v) is 6.40. The van der Waals surface area contributed by atoms with Crippen LogP contribution >= 0.6 is 0 Å². The molecule has 6 heteroatoms. The van der Waals surface area contributed by atoms with Crippen molar-refractivity contribution < 1.29 is 19.4 Å². The third-order valence-electron chi connectivity index (χ3n) is 2.45. The number of hydrogen-bond acceptors (Lipinski definition) is 3. The van der Waals surface area contributed by atoms with E-state index in [1.54, 1.807) is 0 Å². The van der Waals surface area contributed by atoms with E-state index in [0.717, 1.165) is 12.8 Å². The molecule has 106 valence electrons. The molecule has 0 aliphatic carbocycles. The summed E-state index contributed by atoms with van der Waals surface area (Å²) in [6.45, 7) is 6.64. The quantitative estimate of drug-likeness (QED) is 0.584. The monoisotopic (exact) mass is 260 g/mol. The van der Waals surface area contributed by atoms with Crippen molar-refractivity contribution >= 4 is 12.0 Å². The molecule has 6 nitrogen and oxygen atoms in total. The van der Waals surface area contributed by atoms with Crippen molar-refractivity contribution in [2.45, 2.75) is 52.2 Å². The number of carboxylic acid groups (broad SMARTS) is 1. The van der Waals surface area contributed by atoms with Crippen molar-refractivity contribution in [2.75, 3.05) is 13.2 Å². The van der Waals surface area contributed by atoms with Gasteiger partial charge in [0, 0.05) is 13.2 Å². The van der Waals surface area contributed by atoms with E-state index in [-0.39, 0.29) is 6.10 Å². The van der Waals surface area contributed by atoms with Crippen molar-refractivity contribution in [2.24, 2.45) is 0 Å². The van der Waals surface area contributed by atoms with Gasteiger partial charge in [-0.3, -0.25) is 0 Å². The number of carbonyl (C=O) groups is 2. The summed E-state index contributed by atoms with van der Waals surface area (Å²) in [5.74, 6) is -1.00. The van der Waals surface area contributed by atoms with Gasteiger partial charge in [0.25, 0.3) is 0 Å². The number of aliphatic carboxylic acids is 1. The molecule has 0 aliphatic rings. The summed E-state index contributed by atoms with van der Waals surface area (Å²) in [6.07, 6.45) is 2.03. The summed E-state index contributed by atoms with van der Waals surface area (Å²) in [6, 6.07) is -1.29. The molecule has 0 heterocycles. The molecular formula is C12H24N2O4. The van der Waals surface area contributed by atoms with Crippen molar-refractivity contribution in [3.63, 3.8) is 0 Å². The summed E-state index contributed by atoms with van der Waals surface area (Å²) in [5, 5.41) is 14.0. The zero-order valence-corrected chi connectivity index (χ0v) is 11.4. The maximum absolute atomic E-state index is 11.5. The lowest BCUT2D eigenvalue weighted by Crippen LogP contribution is -2.47. The van der Waals surface area contributed by atoms with Crippen LogP contribution in [-0.4, -0.2) is 42.4 Å². The number of nitrogens with one attached hydrogen (secondary N) is 2. The largest absolute Gasteiger partial charge is 0.480 e.